The van der Waals surface area contributed by atoms with E-state index in [2.05, 4.69) is 10.6 Å². The summed E-state index contributed by atoms with van der Waals surface area (Å²) >= 11 is 5.88. The predicted octanol–water partition coefficient (Wildman–Crippen LogP) is 1.22. The maximum atomic E-state index is 11.4. The van der Waals surface area contributed by atoms with E-state index in [1.165, 1.54) is 0 Å². The molecule has 0 spiro atoms. The molecule has 1 atom stereocenters. The van der Waals surface area contributed by atoms with Crippen LogP contribution >= 0.6 is 11.6 Å². The molecule has 1 unspecified atom stereocenters. The molecule has 0 aliphatic carbocycles. The molecular weight excluding hydrogens is 260 g/mol. The second-order valence-electron chi connectivity index (χ2n) is 3.65. The lowest BCUT2D eigenvalue weighted by molar-refractivity contribution is -0.146. The van der Waals surface area contributed by atoms with Crippen molar-refractivity contribution in [1.29, 1.82) is 0 Å². The zero-order chi connectivity index (χ0) is 13.7. The topological polar surface area (TPSA) is 98.7 Å². The molecule has 2 amide bonds. The van der Waals surface area contributed by atoms with E-state index in [4.69, 9.17) is 21.8 Å². The van der Waals surface area contributed by atoms with Gasteiger partial charge in [-0.1, -0.05) is 17.7 Å². The number of carboxylic acid groups (broad SMARTS) is 1. The van der Waals surface area contributed by atoms with Gasteiger partial charge in [0, 0.05) is 10.7 Å². The molecule has 0 fully saturated rings. The molecule has 0 radical (unpaired) electrons. The van der Waals surface area contributed by atoms with Crippen LogP contribution < -0.4 is 10.6 Å². The van der Waals surface area contributed by atoms with Crippen molar-refractivity contribution in [3.8, 4) is 0 Å². The molecule has 0 bridgehead atoms. The summed E-state index contributed by atoms with van der Waals surface area (Å²) in [5, 5.41) is 22.6. The van der Waals surface area contributed by atoms with Crippen molar-refractivity contribution >= 4 is 29.3 Å². The number of hydrogen-bond donors (Lipinski definition) is 4. The Morgan fingerprint density at radius 3 is 2.67 bits per heavy atom. The molecule has 0 aromatic heterocycles. The first-order valence-corrected chi connectivity index (χ1v) is 5.50. The van der Waals surface area contributed by atoms with Crippen LogP contribution in [0.25, 0.3) is 0 Å². The maximum Gasteiger partial charge on any atom is 0.334 e. The van der Waals surface area contributed by atoms with Crippen LogP contribution in [0, 0.1) is 6.92 Å². The van der Waals surface area contributed by atoms with Crippen molar-refractivity contribution in [2.45, 2.75) is 13.0 Å². The van der Waals surface area contributed by atoms with Gasteiger partial charge in [-0.25, -0.2) is 9.59 Å². The number of carbonyl (C=O) groups excluding carboxylic acids is 1. The number of rotatable bonds is 4. The molecule has 0 saturated heterocycles. The molecular formula is C11H13ClN2O4. The minimum Gasteiger partial charge on any atom is -0.479 e. The van der Waals surface area contributed by atoms with Crippen LogP contribution in [0.3, 0.4) is 0 Å². The number of aryl methyl sites for hydroxylation is 1. The normalized spacial score (nSPS) is 11.7. The Hall–Kier alpha value is -1.79. The van der Waals surface area contributed by atoms with E-state index in [1.54, 1.807) is 18.2 Å². The fourth-order valence-electron chi connectivity index (χ4n) is 1.12. The van der Waals surface area contributed by atoms with Gasteiger partial charge in [0.05, 0.1) is 6.54 Å². The third-order valence-electron chi connectivity index (χ3n) is 2.17. The average molecular weight is 273 g/mol. The van der Waals surface area contributed by atoms with Gasteiger partial charge in [-0.15, -0.1) is 0 Å². The lowest BCUT2D eigenvalue weighted by Gasteiger charge is -2.10. The summed E-state index contributed by atoms with van der Waals surface area (Å²) in [6.45, 7) is 1.45. The smallest absolute Gasteiger partial charge is 0.334 e. The van der Waals surface area contributed by atoms with E-state index in [0.717, 1.165) is 5.56 Å². The van der Waals surface area contributed by atoms with Gasteiger partial charge in [0.2, 0.25) is 0 Å². The van der Waals surface area contributed by atoms with E-state index >= 15 is 0 Å². The van der Waals surface area contributed by atoms with E-state index in [9.17, 15) is 9.59 Å². The number of amides is 2. The SMILES string of the molecule is Cc1ccc(NC(=O)NCC(O)C(=O)O)cc1Cl. The second kappa shape index (κ2) is 6.23. The number of carbonyl (C=O) groups is 2. The molecule has 0 aliphatic heterocycles. The zero-order valence-electron chi connectivity index (χ0n) is 9.61. The molecule has 7 heteroatoms. The number of nitrogens with one attached hydrogen (secondary N) is 2. The Balaban J connectivity index is 2.49. The summed E-state index contributed by atoms with van der Waals surface area (Å²) in [6, 6.07) is 4.36. The van der Waals surface area contributed by atoms with E-state index < -0.39 is 18.1 Å². The largest absolute Gasteiger partial charge is 0.479 e. The minimum atomic E-state index is -1.63. The molecule has 0 heterocycles. The summed E-state index contributed by atoms with van der Waals surface area (Å²) in [5.74, 6) is -1.39. The summed E-state index contributed by atoms with van der Waals surface area (Å²) in [6.07, 6.45) is -1.63. The fourth-order valence-corrected chi connectivity index (χ4v) is 1.30. The first kappa shape index (κ1) is 14.3. The lowest BCUT2D eigenvalue weighted by atomic mass is 10.2. The van der Waals surface area contributed by atoms with E-state index in [-0.39, 0.29) is 6.54 Å². The first-order chi connectivity index (χ1) is 8.40. The number of hydrogen-bond acceptors (Lipinski definition) is 3. The van der Waals surface area contributed by atoms with Crippen LogP contribution in [0.1, 0.15) is 5.56 Å². The van der Waals surface area contributed by atoms with Crippen molar-refractivity contribution in [2.24, 2.45) is 0 Å². The van der Waals surface area contributed by atoms with Crippen LogP contribution in [-0.4, -0.2) is 34.9 Å². The second-order valence-corrected chi connectivity index (χ2v) is 4.06. The van der Waals surface area contributed by atoms with Crippen molar-refractivity contribution in [1.82, 2.24) is 5.32 Å². The number of anilines is 1. The van der Waals surface area contributed by atoms with Gasteiger partial charge in [0.25, 0.3) is 0 Å². The van der Waals surface area contributed by atoms with Crippen LogP contribution in [0.15, 0.2) is 18.2 Å². The third kappa shape index (κ3) is 4.23. The summed E-state index contributed by atoms with van der Waals surface area (Å²) < 4.78 is 0. The highest BCUT2D eigenvalue weighted by Gasteiger charge is 2.14. The standard InChI is InChI=1S/C11H13ClN2O4/c1-6-2-3-7(4-8(6)12)14-11(18)13-5-9(15)10(16)17/h2-4,9,15H,5H2,1H3,(H,16,17)(H2,13,14,18). The van der Waals surface area contributed by atoms with Crippen LogP contribution in [-0.2, 0) is 4.79 Å². The highest BCUT2D eigenvalue weighted by molar-refractivity contribution is 6.31. The van der Waals surface area contributed by atoms with Crippen LogP contribution in [0.5, 0.6) is 0 Å². The zero-order valence-corrected chi connectivity index (χ0v) is 10.4. The van der Waals surface area contributed by atoms with Gasteiger partial charge in [-0.05, 0) is 24.6 Å². The Morgan fingerprint density at radius 2 is 2.11 bits per heavy atom. The number of carboxylic acids is 1. The Morgan fingerprint density at radius 1 is 1.44 bits per heavy atom. The van der Waals surface area contributed by atoms with Gasteiger partial charge < -0.3 is 20.8 Å². The minimum absolute atomic E-state index is 0.374. The third-order valence-corrected chi connectivity index (χ3v) is 2.58. The summed E-state index contributed by atoms with van der Waals surface area (Å²) in [7, 11) is 0. The lowest BCUT2D eigenvalue weighted by Crippen LogP contribution is -2.38. The van der Waals surface area contributed by atoms with Gasteiger partial charge in [-0.3, -0.25) is 0 Å². The molecule has 18 heavy (non-hydrogen) atoms. The molecule has 98 valence electrons. The Labute approximate surface area is 109 Å². The Kier molecular flexibility index (Phi) is 4.94. The number of aliphatic hydroxyl groups excluding tert-OH is 1. The first-order valence-electron chi connectivity index (χ1n) is 5.12. The van der Waals surface area contributed by atoms with Gasteiger partial charge in [0.1, 0.15) is 0 Å². The van der Waals surface area contributed by atoms with Crippen molar-refractivity contribution in [3.63, 3.8) is 0 Å². The highest BCUT2D eigenvalue weighted by atomic mass is 35.5. The van der Waals surface area contributed by atoms with Gasteiger partial charge in [-0.2, -0.15) is 0 Å². The molecule has 0 saturated carbocycles. The number of benzene rings is 1. The average Bonchev–Trinajstić information content (AvgIpc) is 2.30. The van der Waals surface area contributed by atoms with Crippen LogP contribution in [0.4, 0.5) is 10.5 Å². The quantitative estimate of drug-likeness (QED) is 0.662. The van der Waals surface area contributed by atoms with Crippen molar-refractivity contribution in [3.05, 3.63) is 28.8 Å². The molecule has 4 N–H and O–H groups in total. The van der Waals surface area contributed by atoms with Crippen molar-refractivity contribution in [2.75, 3.05) is 11.9 Å². The van der Waals surface area contributed by atoms with Gasteiger partial charge >= 0.3 is 12.0 Å². The van der Waals surface area contributed by atoms with Crippen LogP contribution in [0.2, 0.25) is 5.02 Å². The fraction of sp³-hybridized carbons (Fsp3) is 0.273. The van der Waals surface area contributed by atoms with Crippen molar-refractivity contribution < 1.29 is 19.8 Å². The number of aliphatic hydroxyl groups is 1. The molecule has 6 nitrogen and oxygen atoms in total. The van der Waals surface area contributed by atoms with E-state index in [1.807, 2.05) is 6.92 Å². The Bertz CT molecular complexity index is 464. The summed E-state index contributed by atoms with van der Waals surface area (Å²) in [4.78, 5) is 21.7. The molecule has 1 aromatic carbocycles. The molecule has 0 aliphatic rings. The molecule has 1 rings (SSSR count). The van der Waals surface area contributed by atoms with Gasteiger partial charge in [0.15, 0.2) is 6.10 Å². The maximum absolute atomic E-state index is 11.4. The summed E-state index contributed by atoms with van der Waals surface area (Å²) in [5.41, 5.74) is 1.36. The predicted molar refractivity (Wildman–Crippen MR) is 66.9 cm³/mol. The molecule has 1 aromatic rings. The number of aliphatic carboxylic acids is 1. The van der Waals surface area contributed by atoms with E-state index in [0.29, 0.717) is 10.7 Å². The monoisotopic (exact) mass is 272 g/mol. The highest BCUT2D eigenvalue weighted by Crippen LogP contribution is 2.19. The number of urea groups is 1. The number of halogens is 1.